The van der Waals surface area contributed by atoms with E-state index in [4.69, 9.17) is 34.8 Å². The number of nitrogens with zero attached hydrogens (tertiary/aromatic N) is 8. The number of thiazole rings is 2. The quantitative estimate of drug-likeness (QED) is 0.0593. The van der Waals surface area contributed by atoms with Gasteiger partial charge in [-0.25, -0.2) is 34.7 Å². The fourth-order valence-electron chi connectivity index (χ4n) is 6.34. The van der Waals surface area contributed by atoms with Crippen molar-refractivity contribution in [3.05, 3.63) is 107 Å². The normalized spacial score (nSPS) is 10.8. The number of aromatic nitrogens is 6. The van der Waals surface area contributed by atoms with Gasteiger partial charge >= 0.3 is 5.97 Å². The van der Waals surface area contributed by atoms with Crippen molar-refractivity contribution < 1.29 is 33.6 Å². The first-order chi connectivity index (χ1) is 33.3. The van der Waals surface area contributed by atoms with Gasteiger partial charge in [-0.05, 0) is 76.7 Å². The van der Waals surface area contributed by atoms with E-state index in [-0.39, 0.29) is 11.5 Å². The molecule has 19 nitrogen and oxygen atoms in total. The van der Waals surface area contributed by atoms with E-state index in [1.165, 1.54) is 34.8 Å². The summed E-state index contributed by atoms with van der Waals surface area (Å²) in [4.78, 5) is 56.4. The number of hydrogen-bond donors (Lipinski definition) is 5. The number of nitrogens with two attached hydrogens (primary N) is 1. The van der Waals surface area contributed by atoms with Crippen molar-refractivity contribution in [1.82, 2.24) is 45.0 Å². The van der Waals surface area contributed by atoms with E-state index in [1.807, 2.05) is 69.5 Å². The predicted molar refractivity (Wildman–Crippen MR) is 272 cm³/mol. The number of anilines is 4. The van der Waals surface area contributed by atoms with Crippen LogP contribution in [0.3, 0.4) is 0 Å². The van der Waals surface area contributed by atoms with Crippen LogP contribution in [0.1, 0.15) is 20.7 Å². The van der Waals surface area contributed by atoms with Crippen molar-refractivity contribution in [1.29, 1.82) is 0 Å². The number of nitrogens with one attached hydrogen (secondary N) is 3. The highest BCUT2D eigenvalue weighted by Gasteiger charge is 2.17. The number of rotatable bonds is 17. The Balaban J connectivity index is 0.000000205. The first kappa shape index (κ1) is 50.8. The summed E-state index contributed by atoms with van der Waals surface area (Å²) in [6.07, 6.45) is 0. The molecule has 0 fully saturated rings. The lowest BCUT2D eigenvalue weighted by Gasteiger charge is -2.12. The van der Waals surface area contributed by atoms with Gasteiger partial charge in [-0.2, -0.15) is 0 Å². The van der Waals surface area contributed by atoms with Gasteiger partial charge in [0.2, 0.25) is 0 Å². The average molecular weight is 975 g/mol. The molecule has 4 aromatic heterocycles. The highest BCUT2D eigenvalue weighted by molar-refractivity contribution is 7.16. The molecule has 0 saturated carbocycles. The van der Waals surface area contributed by atoms with Gasteiger partial charge in [-0.15, -0.1) is 22.7 Å². The number of likely N-dealkylation sites (N-methyl/N-ethyl adjacent to an activating group) is 2. The molecule has 21 heteroatoms. The SMILES string of the molecule is CN(C)CCN.COc1ccc(Nc2nc(-c3ccc(C(=O)NCCN(C)C)cc3)nc3scnc23)cc1OC.COc1ccc(Nc2nc(-c3ccc(C(=O)O)cc3)nc3scnc23)cc1OC. The number of carbonyl (C=O) groups excluding carboxylic acids is 1. The molecule has 69 heavy (non-hydrogen) atoms. The Labute approximate surface area is 407 Å². The number of carboxylic acids is 1. The molecule has 0 aliphatic rings. The molecule has 0 radical (unpaired) electrons. The van der Waals surface area contributed by atoms with Crippen molar-refractivity contribution in [3.63, 3.8) is 0 Å². The lowest BCUT2D eigenvalue weighted by molar-refractivity contribution is 0.0696. The standard InChI is InChI=1S/C24H26N6O3S.C20H16N4O4S.C4H12N2/c1-30(2)12-11-25-23(31)16-7-5-15(6-8-16)21-28-22(20-24(29-21)34-14-26-20)27-17-9-10-18(32-3)19(13-17)33-4;1-27-14-8-7-13(9-15(14)28-2)22-18-16-19(29-10-21-16)24-17(23-18)11-3-5-12(6-4-11)20(25)26;1-6(2)4-3-5/h5-10,13-14H,11-12H2,1-4H3,(H,25,31)(H,27,28,29);3-10H,1-2H3,(H,25,26)(H,22,23,24);3-5H2,1-2H3. The second-order valence-electron chi connectivity index (χ2n) is 15.3. The number of amides is 1. The van der Waals surface area contributed by atoms with Crippen molar-refractivity contribution in [2.75, 3.05) is 93.4 Å². The Kier molecular flexibility index (Phi) is 18.0. The molecular formula is C48H54N12O7S2. The summed E-state index contributed by atoms with van der Waals surface area (Å²) in [6.45, 7) is 3.11. The fourth-order valence-corrected chi connectivity index (χ4v) is 7.66. The fraction of sp³-hybridized carbons (Fsp3) is 0.250. The maximum atomic E-state index is 12.4. The number of ether oxygens (including phenoxy) is 4. The lowest BCUT2D eigenvalue weighted by Crippen LogP contribution is -2.31. The van der Waals surface area contributed by atoms with Crippen molar-refractivity contribution in [2.45, 2.75) is 0 Å². The van der Waals surface area contributed by atoms with E-state index >= 15 is 0 Å². The van der Waals surface area contributed by atoms with Gasteiger partial charge in [0.05, 0.1) is 45.0 Å². The van der Waals surface area contributed by atoms with Gasteiger partial charge in [-0.1, -0.05) is 24.3 Å². The Morgan fingerprint density at radius 3 is 1.41 bits per heavy atom. The molecule has 0 bridgehead atoms. The maximum Gasteiger partial charge on any atom is 0.335 e. The summed E-state index contributed by atoms with van der Waals surface area (Å²) in [6, 6.07) is 24.7. The smallest absolute Gasteiger partial charge is 0.335 e. The Bertz CT molecular complexity index is 2970. The molecule has 8 rings (SSSR count). The number of hydrogen-bond acceptors (Lipinski definition) is 19. The van der Waals surface area contributed by atoms with Crippen LogP contribution >= 0.6 is 22.7 Å². The van der Waals surface area contributed by atoms with Crippen LogP contribution in [0.2, 0.25) is 0 Å². The third-order valence-corrected chi connectivity index (χ3v) is 11.3. The number of carbonyl (C=O) groups is 2. The largest absolute Gasteiger partial charge is 0.493 e. The van der Waals surface area contributed by atoms with Crippen LogP contribution in [0.15, 0.2) is 96.0 Å². The Morgan fingerprint density at radius 1 is 0.594 bits per heavy atom. The summed E-state index contributed by atoms with van der Waals surface area (Å²) in [5.41, 5.74) is 13.8. The molecule has 1 amide bonds. The number of fused-ring (bicyclic) bond motifs is 2. The monoisotopic (exact) mass is 974 g/mol. The van der Waals surface area contributed by atoms with Crippen LogP contribution in [0, 0.1) is 0 Å². The summed E-state index contributed by atoms with van der Waals surface area (Å²) in [5.74, 6) is 3.51. The van der Waals surface area contributed by atoms with E-state index in [2.05, 4.69) is 45.8 Å². The van der Waals surface area contributed by atoms with Crippen molar-refractivity contribution in [2.24, 2.45) is 5.73 Å². The molecule has 0 spiro atoms. The zero-order valence-electron chi connectivity index (χ0n) is 39.4. The van der Waals surface area contributed by atoms with Crippen LogP contribution in [-0.4, -0.2) is 139 Å². The lowest BCUT2D eigenvalue weighted by atomic mass is 10.1. The van der Waals surface area contributed by atoms with E-state index in [9.17, 15) is 9.59 Å². The summed E-state index contributed by atoms with van der Waals surface area (Å²) >= 11 is 2.84. The topological polar surface area (TPSA) is 237 Å². The minimum atomic E-state index is -0.980. The summed E-state index contributed by atoms with van der Waals surface area (Å²) < 4.78 is 21.3. The molecule has 0 aliphatic carbocycles. The second kappa shape index (κ2) is 24.5. The Morgan fingerprint density at radius 2 is 1.03 bits per heavy atom. The second-order valence-corrected chi connectivity index (χ2v) is 17.0. The maximum absolute atomic E-state index is 12.4. The van der Waals surface area contributed by atoms with E-state index < -0.39 is 5.97 Å². The molecule has 360 valence electrons. The first-order valence-corrected chi connectivity index (χ1v) is 23.0. The minimum absolute atomic E-state index is 0.108. The highest BCUT2D eigenvalue weighted by atomic mass is 32.1. The van der Waals surface area contributed by atoms with Crippen molar-refractivity contribution >= 4 is 78.3 Å². The van der Waals surface area contributed by atoms with Crippen LogP contribution in [0.25, 0.3) is 43.5 Å². The third kappa shape index (κ3) is 13.5. The third-order valence-electron chi connectivity index (χ3n) is 9.91. The molecule has 6 N–H and O–H groups in total. The molecule has 0 atom stereocenters. The van der Waals surface area contributed by atoms with Gasteiger partial charge in [0.15, 0.2) is 46.3 Å². The number of benzene rings is 4. The minimum Gasteiger partial charge on any atom is -0.493 e. The van der Waals surface area contributed by atoms with Crippen LogP contribution in [0.4, 0.5) is 23.0 Å². The van der Waals surface area contributed by atoms with Crippen LogP contribution in [-0.2, 0) is 0 Å². The zero-order chi connectivity index (χ0) is 49.5. The summed E-state index contributed by atoms with van der Waals surface area (Å²) in [5, 5.41) is 18.6. The zero-order valence-corrected chi connectivity index (χ0v) is 41.1. The highest BCUT2D eigenvalue weighted by Crippen LogP contribution is 2.35. The molecule has 0 saturated heterocycles. The molecular weight excluding hydrogens is 921 g/mol. The molecule has 8 aromatic rings. The van der Waals surface area contributed by atoms with Gasteiger partial charge in [0.25, 0.3) is 5.91 Å². The Hall–Kier alpha value is -7.56. The number of carboxylic acid groups (broad SMARTS) is 1. The van der Waals surface area contributed by atoms with Gasteiger partial charge in [0.1, 0.15) is 20.7 Å². The van der Waals surface area contributed by atoms with E-state index in [0.717, 1.165) is 46.2 Å². The molecule has 0 aliphatic heterocycles. The molecule has 4 heterocycles. The predicted octanol–water partition coefficient (Wildman–Crippen LogP) is 7.52. The molecule has 0 unspecified atom stereocenters. The average Bonchev–Trinajstić information content (AvgIpc) is 4.05. The van der Waals surface area contributed by atoms with Crippen molar-refractivity contribution in [3.8, 4) is 45.8 Å². The molecule has 4 aromatic carbocycles. The van der Waals surface area contributed by atoms with Crippen LogP contribution in [0.5, 0.6) is 23.0 Å². The number of aromatic carboxylic acids is 1. The van der Waals surface area contributed by atoms with E-state index in [0.29, 0.717) is 75.0 Å². The number of methoxy groups -OCH3 is 4. The van der Waals surface area contributed by atoms with Gasteiger partial charge in [-0.3, -0.25) is 4.79 Å². The van der Waals surface area contributed by atoms with Gasteiger partial charge in [0, 0.05) is 66.4 Å². The van der Waals surface area contributed by atoms with Gasteiger partial charge < -0.3 is 55.5 Å². The van der Waals surface area contributed by atoms with E-state index in [1.54, 1.807) is 75.9 Å². The van der Waals surface area contributed by atoms with Crippen LogP contribution < -0.4 is 40.6 Å². The summed E-state index contributed by atoms with van der Waals surface area (Å²) in [7, 11) is 14.3. The first-order valence-electron chi connectivity index (χ1n) is 21.3.